The average Bonchev–Trinajstić information content (AvgIpc) is 2.55. The van der Waals surface area contributed by atoms with E-state index in [1.54, 1.807) is 0 Å². The maximum atomic E-state index is 3.92. The van der Waals surface area contributed by atoms with E-state index in [1.165, 1.54) is 27.8 Å². The molecule has 1 heteroatoms. The third-order valence-corrected chi connectivity index (χ3v) is 4.71. The molecule has 0 N–H and O–H groups in total. The Morgan fingerprint density at radius 2 is 1.04 bits per heavy atom. The van der Waals surface area contributed by atoms with Crippen LogP contribution in [0.4, 0.5) is 0 Å². The zero-order valence-corrected chi connectivity index (χ0v) is 14.9. The van der Waals surface area contributed by atoms with Crippen LogP contribution < -0.4 is 0 Å². The predicted octanol–water partition coefficient (Wildman–Crippen LogP) is 5.69. The highest BCUT2D eigenvalue weighted by Gasteiger charge is 2.21. The van der Waals surface area contributed by atoms with Crippen molar-refractivity contribution >= 4 is 12.6 Å². The minimum absolute atomic E-state index is 0.104. The van der Waals surface area contributed by atoms with Crippen LogP contribution >= 0.6 is 0 Å². The Labute approximate surface area is 144 Å². The van der Waals surface area contributed by atoms with Gasteiger partial charge in [-0.25, -0.2) is 0 Å². The van der Waals surface area contributed by atoms with E-state index in [2.05, 4.69) is 106 Å². The number of benzene rings is 3. The fourth-order valence-corrected chi connectivity index (χ4v) is 3.20. The van der Waals surface area contributed by atoms with Crippen molar-refractivity contribution in [2.45, 2.75) is 31.1 Å². The van der Waals surface area contributed by atoms with Crippen LogP contribution in [0.1, 0.15) is 26.3 Å². The Hall–Kier alpha value is -1.99. The molecule has 0 spiro atoms. The molecule has 0 aliphatic carbocycles. The van der Waals surface area contributed by atoms with Crippen LogP contribution in [0, 0.1) is 0 Å². The quantitative estimate of drug-likeness (QED) is 0.532. The summed E-state index contributed by atoms with van der Waals surface area (Å²) < 4.78 is 0. The van der Waals surface area contributed by atoms with Gasteiger partial charge in [0.15, 0.2) is 4.90 Å². The monoisotopic (exact) mass is 319 g/mol. The van der Waals surface area contributed by atoms with E-state index in [-0.39, 0.29) is 5.41 Å². The van der Waals surface area contributed by atoms with E-state index in [9.17, 15) is 0 Å². The lowest BCUT2D eigenvalue weighted by Crippen LogP contribution is -2.12. The van der Waals surface area contributed by atoms with Gasteiger partial charge in [0, 0.05) is 11.1 Å². The second-order valence-corrected chi connectivity index (χ2v) is 7.43. The molecule has 0 aromatic heterocycles. The number of rotatable bonds is 2. The van der Waals surface area contributed by atoms with Crippen LogP contribution in [0.15, 0.2) is 77.7 Å². The topological polar surface area (TPSA) is 0 Å². The fourth-order valence-electron chi connectivity index (χ4n) is 2.77. The summed E-state index contributed by atoms with van der Waals surface area (Å²) in [5.74, 6) is 0. The second kappa shape index (κ2) is 6.25. The van der Waals surface area contributed by atoms with Crippen molar-refractivity contribution in [3.05, 3.63) is 78.4 Å². The third kappa shape index (κ3) is 3.35. The molecule has 0 saturated heterocycles. The maximum absolute atomic E-state index is 3.92. The second-order valence-electron chi connectivity index (χ2n) is 6.93. The van der Waals surface area contributed by atoms with Gasteiger partial charge in [-0.1, -0.05) is 81.4 Å². The first-order chi connectivity index (χ1) is 11.0. The Bertz CT molecular complexity index is 736. The van der Waals surface area contributed by atoms with Crippen molar-refractivity contribution < 1.29 is 0 Å². The SMILES string of the molecule is CC(C)(C)c1cc(-c2ccccc2)c([SH2+])c(-c2ccccc2)c1. The van der Waals surface area contributed by atoms with Crippen LogP contribution in [-0.4, -0.2) is 0 Å². The van der Waals surface area contributed by atoms with Gasteiger partial charge in [-0.2, -0.15) is 0 Å². The summed E-state index contributed by atoms with van der Waals surface area (Å²) in [4.78, 5) is 1.15. The van der Waals surface area contributed by atoms with Crippen LogP contribution in [0.2, 0.25) is 0 Å². The zero-order chi connectivity index (χ0) is 16.4. The van der Waals surface area contributed by atoms with Gasteiger partial charge in [0.05, 0.1) is 0 Å². The van der Waals surface area contributed by atoms with Crippen LogP contribution in [0.25, 0.3) is 22.3 Å². The van der Waals surface area contributed by atoms with Gasteiger partial charge >= 0.3 is 0 Å². The fraction of sp³-hybridized carbons (Fsp3) is 0.182. The molecule has 0 atom stereocenters. The lowest BCUT2D eigenvalue weighted by atomic mass is 9.83. The lowest BCUT2D eigenvalue weighted by molar-refractivity contribution is 0.590. The number of hydrogen-bond donors (Lipinski definition) is 0. The summed E-state index contributed by atoms with van der Waals surface area (Å²) in [5, 5.41) is 0. The smallest absolute Gasteiger partial charge is 0.0622 e. The van der Waals surface area contributed by atoms with Crippen molar-refractivity contribution in [2.75, 3.05) is 0 Å². The third-order valence-electron chi connectivity index (χ3n) is 4.17. The minimum atomic E-state index is 0.104. The molecule has 0 amide bonds. The summed E-state index contributed by atoms with van der Waals surface area (Å²) in [7, 11) is 0. The molecule has 0 bridgehead atoms. The molecule has 0 fully saturated rings. The molecule has 3 aromatic rings. The first kappa shape index (κ1) is 15.9. The summed E-state index contributed by atoms with van der Waals surface area (Å²) >= 11 is 3.92. The van der Waals surface area contributed by atoms with Crippen molar-refractivity contribution in [2.24, 2.45) is 0 Å². The molecule has 116 valence electrons. The Balaban J connectivity index is 2.28. The molecular formula is C22H23S+. The van der Waals surface area contributed by atoms with E-state index in [4.69, 9.17) is 0 Å². The first-order valence-corrected chi connectivity index (χ1v) is 8.48. The predicted molar refractivity (Wildman–Crippen MR) is 104 cm³/mol. The highest BCUT2D eigenvalue weighted by molar-refractivity contribution is 7.59. The lowest BCUT2D eigenvalue weighted by Gasteiger charge is -2.22. The maximum Gasteiger partial charge on any atom is 0.165 e. The molecule has 0 radical (unpaired) electrons. The largest absolute Gasteiger partial charge is 0.165 e. The molecule has 0 aliphatic heterocycles. The van der Waals surface area contributed by atoms with Crippen molar-refractivity contribution in [1.29, 1.82) is 0 Å². The molecule has 0 aliphatic rings. The molecule has 3 rings (SSSR count). The van der Waals surface area contributed by atoms with E-state index in [0.717, 1.165) is 4.90 Å². The molecule has 23 heavy (non-hydrogen) atoms. The zero-order valence-electron chi connectivity index (χ0n) is 13.9. The van der Waals surface area contributed by atoms with Crippen molar-refractivity contribution in [3.63, 3.8) is 0 Å². The van der Waals surface area contributed by atoms with E-state index >= 15 is 0 Å². The van der Waals surface area contributed by atoms with E-state index in [1.807, 2.05) is 0 Å². The Kier molecular flexibility index (Phi) is 4.32. The molecular weight excluding hydrogens is 296 g/mol. The van der Waals surface area contributed by atoms with Gasteiger partial charge in [-0.05, 0) is 46.9 Å². The van der Waals surface area contributed by atoms with Crippen LogP contribution in [0.3, 0.4) is 0 Å². The molecule has 0 unspecified atom stereocenters. The minimum Gasteiger partial charge on any atom is -0.0622 e. The van der Waals surface area contributed by atoms with Gasteiger partial charge in [-0.15, -0.1) is 0 Å². The van der Waals surface area contributed by atoms with Crippen molar-refractivity contribution in [1.82, 2.24) is 0 Å². The van der Waals surface area contributed by atoms with Crippen LogP contribution in [0.5, 0.6) is 0 Å². The van der Waals surface area contributed by atoms with Crippen molar-refractivity contribution in [3.8, 4) is 22.3 Å². The first-order valence-electron chi connectivity index (χ1n) is 7.98. The van der Waals surface area contributed by atoms with Gasteiger partial charge in [-0.3, -0.25) is 0 Å². The van der Waals surface area contributed by atoms with E-state index in [0.29, 0.717) is 0 Å². The molecule has 0 nitrogen and oxygen atoms in total. The van der Waals surface area contributed by atoms with Crippen LogP contribution in [-0.2, 0) is 18.0 Å². The molecule has 0 saturated carbocycles. The van der Waals surface area contributed by atoms with Gasteiger partial charge in [0.2, 0.25) is 0 Å². The van der Waals surface area contributed by atoms with Gasteiger partial charge in [0.25, 0.3) is 0 Å². The Morgan fingerprint density at radius 3 is 1.39 bits per heavy atom. The molecule has 3 aromatic carbocycles. The number of hydrogen-bond acceptors (Lipinski definition) is 0. The summed E-state index contributed by atoms with van der Waals surface area (Å²) in [5.41, 5.74) is 6.41. The summed E-state index contributed by atoms with van der Waals surface area (Å²) in [6, 6.07) is 25.8. The van der Waals surface area contributed by atoms with Gasteiger partial charge in [0.1, 0.15) is 0 Å². The summed E-state index contributed by atoms with van der Waals surface area (Å²) in [6.45, 7) is 6.79. The average molecular weight is 319 g/mol. The Morgan fingerprint density at radius 1 is 0.652 bits per heavy atom. The standard InChI is InChI=1S/C22H22S/c1-22(2,3)18-14-19(16-10-6-4-7-11-16)21(23)20(15-18)17-12-8-5-9-13-17/h4-15,23H,1-3H3/p+1. The highest BCUT2D eigenvalue weighted by Crippen LogP contribution is 2.37. The highest BCUT2D eigenvalue weighted by atomic mass is 32.1. The molecule has 0 heterocycles. The van der Waals surface area contributed by atoms with Gasteiger partial charge < -0.3 is 0 Å². The summed E-state index contributed by atoms with van der Waals surface area (Å²) in [6.07, 6.45) is 0. The van der Waals surface area contributed by atoms with E-state index < -0.39 is 0 Å². The normalized spacial score (nSPS) is 11.5.